The number of benzene rings is 1. The minimum atomic E-state index is -1.81. The van der Waals surface area contributed by atoms with E-state index in [2.05, 4.69) is 0 Å². The van der Waals surface area contributed by atoms with Gasteiger partial charge in [-0.05, 0) is 17.9 Å². The summed E-state index contributed by atoms with van der Waals surface area (Å²) in [5.74, 6) is 0. The number of rotatable bonds is 6. The predicted molar refractivity (Wildman–Crippen MR) is 65.2 cm³/mol. The van der Waals surface area contributed by atoms with Crippen molar-refractivity contribution in [2.45, 2.75) is 32.5 Å². The highest BCUT2D eigenvalue weighted by molar-refractivity contribution is 7.38. The second-order valence-corrected chi connectivity index (χ2v) is 4.93. The van der Waals surface area contributed by atoms with Gasteiger partial charge in [-0.1, -0.05) is 19.1 Å². The molecule has 0 bridgehead atoms. The van der Waals surface area contributed by atoms with Gasteiger partial charge in [0.15, 0.2) is 0 Å². The van der Waals surface area contributed by atoms with Crippen LogP contribution in [-0.2, 0) is 15.3 Å². The van der Waals surface area contributed by atoms with Crippen LogP contribution in [0.3, 0.4) is 0 Å². The monoisotopic (exact) mass is 256 g/mol. The van der Waals surface area contributed by atoms with Gasteiger partial charge in [0.05, 0.1) is 4.92 Å². The molecule has 0 radical (unpaired) electrons. The van der Waals surface area contributed by atoms with Crippen molar-refractivity contribution in [3.8, 4) is 0 Å². The van der Waals surface area contributed by atoms with E-state index in [0.29, 0.717) is 5.56 Å². The molecular formula is C11H15NO4P+. The highest BCUT2D eigenvalue weighted by atomic mass is 31.1. The maximum atomic E-state index is 11.6. The Labute approximate surface area is 101 Å². The van der Waals surface area contributed by atoms with Gasteiger partial charge in [0, 0.05) is 17.7 Å². The summed E-state index contributed by atoms with van der Waals surface area (Å²) >= 11 is 0. The SMILES string of the molecule is CC[C@H](C)O[P+](=O)Cc1cccc([N+](=O)[O-])c1. The molecule has 1 aromatic carbocycles. The van der Waals surface area contributed by atoms with E-state index in [0.717, 1.165) is 6.42 Å². The van der Waals surface area contributed by atoms with Gasteiger partial charge < -0.3 is 0 Å². The quantitative estimate of drug-likeness (QED) is 0.442. The van der Waals surface area contributed by atoms with Crippen molar-refractivity contribution in [3.63, 3.8) is 0 Å². The molecule has 5 nitrogen and oxygen atoms in total. The van der Waals surface area contributed by atoms with E-state index in [-0.39, 0.29) is 18.0 Å². The van der Waals surface area contributed by atoms with E-state index < -0.39 is 13.0 Å². The van der Waals surface area contributed by atoms with Crippen molar-refractivity contribution in [1.29, 1.82) is 0 Å². The van der Waals surface area contributed by atoms with Gasteiger partial charge in [-0.15, -0.1) is 4.52 Å². The Morgan fingerprint density at radius 2 is 2.24 bits per heavy atom. The lowest BCUT2D eigenvalue weighted by Gasteiger charge is -1.99. The van der Waals surface area contributed by atoms with Gasteiger partial charge in [-0.25, -0.2) is 0 Å². The van der Waals surface area contributed by atoms with Crippen LogP contribution in [0.25, 0.3) is 0 Å². The van der Waals surface area contributed by atoms with Crippen molar-refractivity contribution in [1.82, 2.24) is 0 Å². The van der Waals surface area contributed by atoms with Gasteiger partial charge in [-0.3, -0.25) is 10.1 Å². The Morgan fingerprint density at radius 1 is 1.53 bits per heavy atom. The third-order valence-electron chi connectivity index (χ3n) is 2.31. The number of nitro groups is 1. The number of hydrogen-bond donors (Lipinski definition) is 0. The summed E-state index contributed by atoms with van der Waals surface area (Å²) in [6, 6.07) is 6.12. The molecule has 6 heteroatoms. The van der Waals surface area contributed by atoms with Gasteiger partial charge in [-0.2, -0.15) is 0 Å². The highest BCUT2D eigenvalue weighted by Crippen LogP contribution is 2.31. The molecule has 0 N–H and O–H groups in total. The molecule has 2 atom stereocenters. The fourth-order valence-corrected chi connectivity index (χ4v) is 2.35. The molecule has 1 rings (SSSR count). The molecule has 0 aliphatic rings. The van der Waals surface area contributed by atoms with E-state index in [4.69, 9.17) is 4.52 Å². The molecular weight excluding hydrogens is 241 g/mol. The van der Waals surface area contributed by atoms with E-state index in [1.54, 1.807) is 12.1 Å². The zero-order chi connectivity index (χ0) is 12.8. The summed E-state index contributed by atoms with van der Waals surface area (Å²) in [6.07, 6.45) is 0.939. The minimum Gasteiger partial charge on any atom is -0.258 e. The van der Waals surface area contributed by atoms with E-state index in [1.165, 1.54) is 12.1 Å². The standard InChI is InChI=1S/C11H15NO4P/c1-3-9(2)16-17(15)8-10-5-4-6-11(7-10)12(13)14/h4-7,9H,3,8H2,1-2H3/q+1/t9-/m0/s1. The average Bonchev–Trinajstić information content (AvgIpc) is 2.28. The first-order valence-electron chi connectivity index (χ1n) is 5.37. The maximum absolute atomic E-state index is 11.6. The normalized spacial score (nSPS) is 13.2. The number of hydrogen-bond acceptors (Lipinski definition) is 4. The van der Waals surface area contributed by atoms with E-state index >= 15 is 0 Å². The number of nitrogens with zero attached hydrogens (tertiary/aromatic N) is 1. The number of non-ortho nitro benzene ring substituents is 1. The van der Waals surface area contributed by atoms with Crippen LogP contribution in [-0.4, -0.2) is 11.0 Å². The van der Waals surface area contributed by atoms with Crippen LogP contribution in [0.1, 0.15) is 25.8 Å². The molecule has 17 heavy (non-hydrogen) atoms. The summed E-state index contributed by atoms with van der Waals surface area (Å²) in [4.78, 5) is 10.1. The molecule has 0 spiro atoms. The third kappa shape index (κ3) is 4.59. The molecule has 1 aromatic rings. The van der Waals surface area contributed by atoms with Crippen LogP contribution in [0, 0.1) is 10.1 Å². The van der Waals surface area contributed by atoms with Crippen molar-refractivity contribution in [2.24, 2.45) is 0 Å². The van der Waals surface area contributed by atoms with E-state index in [1.807, 2.05) is 13.8 Å². The molecule has 0 saturated heterocycles. The highest BCUT2D eigenvalue weighted by Gasteiger charge is 2.22. The second kappa shape index (κ2) is 6.42. The lowest BCUT2D eigenvalue weighted by molar-refractivity contribution is -0.384. The van der Waals surface area contributed by atoms with Crippen molar-refractivity contribution in [3.05, 3.63) is 39.9 Å². The largest absolute Gasteiger partial charge is 0.513 e. The van der Waals surface area contributed by atoms with Crippen LogP contribution in [0.2, 0.25) is 0 Å². The molecule has 0 saturated carbocycles. The minimum absolute atomic E-state index is 0.00874. The number of nitro benzene ring substituents is 1. The van der Waals surface area contributed by atoms with E-state index in [9.17, 15) is 14.7 Å². The molecule has 0 fully saturated rings. The lowest BCUT2D eigenvalue weighted by atomic mass is 10.2. The molecule has 92 valence electrons. The van der Waals surface area contributed by atoms with Crippen molar-refractivity contribution >= 4 is 13.7 Å². The Morgan fingerprint density at radius 3 is 2.82 bits per heavy atom. The Bertz CT molecular complexity index is 422. The molecule has 1 unspecified atom stereocenters. The molecule has 0 aliphatic carbocycles. The van der Waals surface area contributed by atoms with Gasteiger partial charge in [0.1, 0.15) is 6.10 Å². The molecule has 0 aromatic heterocycles. The van der Waals surface area contributed by atoms with Crippen LogP contribution in [0.4, 0.5) is 5.69 Å². The first-order chi connectivity index (χ1) is 8.02. The summed E-state index contributed by atoms with van der Waals surface area (Å²) in [5, 5.41) is 10.6. The first kappa shape index (κ1) is 13.7. The summed E-state index contributed by atoms with van der Waals surface area (Å²) in [7, 11) is -1.81. The summed E-state index contributed by atoms with van der Waals surface area (Å²) in [6.45, 7) is 3.79. The van der Waals surface area contributed by atoms with Crippen LogP contribution >= 0.6 is 8.03 Å². The van der Waals surface area contributed by atoms with Gasteiger partial charge in [0.2, 0.25) is 6.16 Å². The van der Waals surface area contributed by atoms with Crippen molar-refractivity contribution < 1.29 is 14.0 Å². The van der Waals surface area contributed by atoms with Crippen molar-refractivity contribution in [2.75, 3.05) is 0 Å². The second-order valence-electron chi connectivity index (χ2n) is 3.74. The third-order valence-corrected chi connectivity index (χ3v) is 3.52. The smallest absolute Gasteiger partial charge is 0.258 e. The van der Waals surface area contributed by atoms with Gasteiger partial charge >= 0.3 is 8.03 Å². The van der Waals surface area contributed by atoms with Gasteiger partial charge in [0.25, 0.3) is 5.69 Å². The zero-order valence-electron chi connectivity index (χ0n) is 9.83. The first-order valence-corrected chi connectivity index (χ1v) is 6.74. The zero-order valence-corrected chi connectivity index (χ0v) is 10.7. The average molecular weight is 256 g/mol. The van der Waals surface area contributed by atoms with Crippen LogP contribution < -0.4 is 0 Å². The van der Waals surface area contributed by atoms with Crippen LogP contribution in [0.15, 0.2) is 24.3 Å². The fourth-order valence-electron chi connectivity index (χ4n) is 1.23. The Balaban J connectivity index is 2.65. The Kier molecular flexibility index (Phi) is 5.19. The Hall–Kier alpha value is -1.32. The molecule has 0 aliphatic heterocycles. The summed E-state index contributed by atoms with van der Waals surface area (Å²) in [5.41, 5.74) is 0.665. The molecule has 0 amide bonds. The van der Waals surface area contributed by atoms with Crippen LogP contribution in [0.5, 0.6) is 0 Å². The topological polar surface area (TPSA) is 69.4 Å². The lowest BCUT2D eigenvalue weighted by Crippen LogP contribution is -2.00. The summed E-state index contributed by atoms with van der Waals surface area (Å²) < 4.78 is 16.9. The fraction of sp³-hybridized carbons (Fsp3) is 0.455. The predicted octanol–water partition coefficient (Wildman–Crippen LogP) is 3.65. The maximum Gasteiger partial charge on any atom is 0.513 e. The molecule has 0 heterocycles.